The molecule has 16 aromatic rings. The van der Waals surface area contributed by atoms with Crippen LogP contribution in [-0.2, 0) is 51.4 Å². The molecule has 16 heterocycles. The van der Waals surface area contributed by atoms with Crippen LogP contribution in [0.4, 0.5) is 143 Å². The molecule has 56 heteroatoms. The van der Waals surface area contributed by atoms with Crippen molar-refractivity contribution in [2.45, 2.75) is 51.4 Å². The van der Waals surface area contributed by atoms with Gasteiger partial charge in [0, 0.05) is 279 Å². The number of nitrogens with one attached hydrogen (secondary N) is 16. The molecule has 56 nitrogen and oxygen atoms in total. The van der Waals surface area contributed by atoms with Gasteiger partial charge in [0.1, 0.15) is 5.76 Å². The van der Waals surface area contributed by atoms with Crippen LogP contribution in [0.25, 0.3) is 0 Å². The molecule has 0 aromatic carbocycles. The Morgan fingerprint density at radius 3 is 0.745 bits per heavy atom. The summed E-state index contributed by atoms with van der Waals surface area (Å²) in [6.45, 7) is 5.96. The molecule has 0 radical (unpaired) electrons. The molecule has 34 N–H and O–H groups in total. The fraction of sp³-hybridized carbons (Fsp3) is 0.341. The standard InChI is InChI=1S/C13H21N7.C12H19N7.2C11H17N7.2C10H15N7.C9H13N7.C9H12N6O/c1-19(2)12-16-11(17-13(18-12)20(3)4)15-9-7-10-6-5-8-14-10;1-18(2)11-15-10(13)16-12(17-11)19(3)8-6-9-5-4-7-14-9;1-13-10-15-9(12)16-11(17-10)18(2)7-5-8-4-3-6-14-8;1-12-9-16-10(13-2)18-11(17-9)15-7-5-8-4-3-6-14-8;1-17(6-4-7-3-2-5-13-7)10-15-8(11)14-9(12)16-10;1-12-9-15-8(11)16-10(17-9)14-6-4-7-3-2-5-13-7;10-7-14-8(11)16-9(15-7)13-5-3-6-2-1-4-12-6;10-7-13-8(11)15-9(14-7)12-4-3-6-2-1-5-16-6/h5-6,8,14H,7,9H2,1-4H3,(H,15,16,17,18);4-5,7,14H,6,8H2,1-3H3,(H2,13,15,16,17);3-4,6,14H,5,7H2,1-2H3,(H3,12,13,15,16,17);3-4,6,14H,5,7H2,1-2H3,(H3,12,13,15,16,17,18);2-3,5,13H,4,6H2,1H3,(H4,11,12,14,15,16);2-3,5,13H,4,6H2,1H3,(H4,11,12,14,15,16,17);1-2,4,12H,3,5H2,(H5,10,11,13,14,15,16);1-2,5H,3-4H2,(H5,10,11,12,13,14,15). The van der Waals surface area contributed by atoms with Gasteiger partial charge in [-0.05, 0) is 97.1 Å². The Morgan fingerprint density at radius 1 is 0.227 bits per heavy atom. The smallest absolute Gasteiger partial charge is 0.231 e. The number of nitrogens with zero attached hydrogens (tertiary/aromatic N) is 30. The van der Waals surface area contributed by atoms with Crippen molar-refractivity contribution >= 4 is 143 Å². The van der Waals surface area contributed by atoms with E-state index in [0.717, 1.165) is 113 Å². The van der Waals surface area contributed by atoms with Gasteiger partial charge < -0.3 is 168 Å². The van der Waals surface area contributed by atoms with E-state index >= 15 is 0 Å². The Kier molecular flexibility index (Phi) is 42.7. The summed E-state index contributed by atoms with van der Waals surface area (Å²) >= 11 is 0. The van der Waals surface area contributed by atoms with Crippen molar-refractivity contribution in [2.75, 3.05) is 273 Å². The third-order valence-corrected chi connectivity index (χ3v) is 19.0. The van der Waals surface area contributed by atoms with Crippen LogP contribution in [0.2, 0.25) is 0 Å². The first-order chi connectivity index (χ1) is 68.0. The molecule has 16 rings (SSSR count). The van der Waals surface area contributed by atoms with Crippen molar-refractivity contribution in [1.82, 2.24) is 155 Å². The van der Waals surface area contributed by atoms with Gasteiger partial charge in [-0.2, -0.15) is 120 Å². The van der Waals surface area contributed by atoms with Crippen LogP contribution in [0.3, 0.4) is 0 Å². The number of aromatic nitrogens is 31. The first-order valence-electron chi connectivity index (χ1n) is 44.3. The summed E-state index contributed by atoms with van der Waals surface area (Å²) in [5.74, 6) is 10.2. The van der Waals surface area contributed by atoms with Crippen molar-refractivity contribution in [3.05, 3.63) is 192 Å². The molecule has 0 unspecified atom stereocenters. The van der Waals surface area contributed by atoms with Crippen LogP contribution in [0.5, 0.6) is 0 Å². The summed E-state index contributed by atoms with van der Waals surface area (Å²) < 4.78 is 5.18. The first kappa shape index (κ1) is 106. The van der Waals surface area contributed by atoms with Gasteiger partial charge in [-0.15, -0.1) is 0 Å². The summed E-state index contributed by atoms with van der Waals surface area (Å²) in [5.41, 5.74) is 57.8. The van der Waals surface area contributed by atoms with Crippen LogP contribution < -0.4 is 129 Å². The summed E-state index contributed by atoms with van der Waals surface area (Å²) in [6.07, 6.45) is 21.9. The van der Waals surface area contributed by atoms with Crippen molar-refractivity contribution in [3.63, 3.8) is 0 Å². The molecule has 0 aliphatic heterocycles. The summed E-state index contributed by atoms with van der Waals surface area (Å²) in [6, 6.07) is 31.9. The second-order valence-electron chi connectivity index (χ2n) is 30.6. The number of hydrogen-bond acceptors (Lipinski definition) is 49. The molecule has 0 saturated carbocycles. The second kappa shape index (κ2) is 56.6. The second-order valence-corrected chi connectivity index (χ2v) is 30.6. The van der Waals surface area contributed by atoms with E-state index in [1.807, 2.05) is 210 Å². The molecule has 0 atom stereocenters. The average Bonchev–Trinajstić information content (AvgIpc) is 1.85. The Balaban J connectivity index is 0.000000180. The van der Waals surface area contributed by atoms with Gasteiger partial charge >= 0.3 is 0 Å². The lowest BCUT2D eigenvalue weighted by molar-refractivity contribution is 0.512. The third-order valence-electron chi connectivity index (χ3n) is 19.0. The fourth-order valence-corrected chi connectivity index (χ4v) is 11.9. The molecule has 141 heavy (non-hydrogen) atoms. The predicted octanol–water partition coefficient (Wildman–Crippen LogP) is 3.78. The van der Waals surface area contributed by atoms with E-state index in [-0.39, 0.29) is 53.5 Å². The van der Waals surface area contributed by atoms with E-state index in [0.29, 0.717) is 102 Å². The van der Waals surface area contributed by atoms with Gasteiger partial charge in [0.05, 0.1) is 6.26 Å². The number of likely N-dealkylation sites (N-methyl/N-ethyl adjacent to an activating group) is 3. The zero-order valence-electron chi connectivity index (χ0n) is 81.2. The fourth-order valence-electron chi connectivity index (χ4n) is 11.9. The highest BCUT2D eigenvalue weighted by atomic mass is 16.3. The number of aromatic amines is 7. The lowest BCUT2D eigenvalue weighted by Gasteiger charge is -2.18. The molecular formula is C85H129N55O. The number of H-pyrrole nitrogens is 7. The van der Waals surface area contributed by atoms with Gasteiger partial charge in [-0.1, -0.05) is 0 Å². The monoisotopic (exact) mass is 1940 g/mol. The number of nitrogen functional groups attached to an aromatic ring is 9. The first-order valence-corrected chi connectivity index (χ1v) is 44.3. The highest BCUT2D eigenvalue weighted by Gasteiger charge is 2.16. The van der Waals surface area contributed by atoms with Crippen molar-refractivity contribution in [1.29, 1.82) is 0 Å². The maximum atomic E-state index is 5.70. The Morgan fingerprint density at radius 2 is 0.440 bits per heavy atom. The summed E-state index contributed by atoms with van der Waals surface area (Å²) in [5, 5.41) is 27.0. The largest absolute Gasteiger partial charge is 0.469 e. The minimum absolute atomic E-state index is 0.105. The zero-order chi connectivity index (χ0) is 101. The van der Waals surface area contributed by atoms with E-state index < -0.39 is 0 Å². The van der Waals surface area contributed by atoms with Crippen LogP contribution in [-0.4, -0.2) is 298 Å². The predicted molar refractivity (Wildman–Crippen MR) is 556 cm³/mol. The zero-order valence-corrected chi connectivity index (χ0v) is 81.2. The van der Waals surface area contributed by atoms with Crippen molar-refractivity contribution < 1.29 is 4.42 Å². The molecule has 750 valence electrons. The number of nitrogens with two attached hydrogens (primary N) is 9. The average molecular weight is 1940 g/mol. The van der Waals surface area contributed by atoms with Crippen molar-refractivity contribution in [3.8, 4) is 0 Å². The molecule has 0 aliphatic rings. The lowest BCUT2D eigenvalue weighted by atomic mass is 10.3. The lowest BCUT2D eigenvalue weighted by Crippen LogP contribution is -2.25. The summed E-state index contributed by atoms with van der Waals surface area (Å²) in [4.78, 5) is 131. The summed E-state index contributed by atoms with van der Waals surface area (Å²) in [7, 11) is 24.2. The number of rotatable bonds is 39. The topological polar surface area (TPSA) is 795 Å². The van der Waals surface area contributed by atoms with E-state index in [4.69, 9.17) is 56.0 Å². The van der Waals surface area contributed by atoms with Crippen LogP contribution >= 0.6 is 0 Å². The maximum absolute atomic E-state index is 5.70. The van der Waals surface area contributed by atoms with Gasteiger partial charge in [0.15, 0.2) is 0 Å². The molecule has 0 spiro atoms. The molecule has 0 amide bonds. The maximum Gasteiger partial charge on any atom is 0.231 e. The van der Waals surface area contributed by atoms with Crippen LogP contribution in [0.1, 0.15) is 45.6 Å². The molecule has 16 aromatic heterocycles. The highest BCUT2D eigenvalue weighted by Crippen LogP contribution is 2.19. The van der Waals surface area contributed by atoms with Crippen molar-refractivity contribution in [2.24, 2.45) is 0 Å². The molecule has 0 bridgehead atoms. The number of anilines is 24. The molecule has 0 fully saturated rings. The number of hydrogen-bond donors (Lipinski definition) is 25. The minimum atomic E-state index is 0.105. The normalized spacial score (nSPS) is 10.3. The van der Waals surface area contributed by atoms with Crippen LogP contribution in [0.15, 0.2) is 151 Å². The minimum Gasteiger partial charge on any atom is -0.469 e. The molecular weight excluding hydrogens is 1810 g/mol. The van der Waals surface area contributed by atoms with Crippen LogP contribution in [0, 0.1) is 0 Å². The van der Waals surface area contributed by atoms with Gasteiger partial charge in [0.25, 0.3) is 0 Å². The number of furan rings is 1. The SMILES string of the molecule is CN(C)c1nc(N)nc(N(C)CCc2ccc[nH]2)n1.CN(C)c1nc(NCCc2ccc[nH]2)nc(N(C)C)n1.CN(CCc1ccc[nH]1)c1nc(N)nc(N)n1.CNc1nc(N)nc(N(C)CCc2ccc[nH]2)n1.CNc1nc(N)nc(NCCc2ccc[nH]2)n1.CNc1nc(NC)nc(NCCc2ccc[nH]2)n1.Nc1nc(N)nc(NCCc2ccc[nH]2)n1.Nc1nc(N)nc(NCCc2ccco2)n1. The Hall–Kier alpha value is -18.5. The molecule has 0 aliphatic carbocycles. The van der Waals surface area contributed by atoms with E-state index in [1.165, 1.54) is 22.8 Å². The van der Waals surface area contributed by atoms with Gasteiger partial charge in [-0.25, -0.2) is 0 Å². The van der Waals surface area contributed by atoms with E-state index in [1.54, 1.807) is 39.4 Å². The quantitative estimate of drug-likeness (QED) is 0.0261. The van der Waals surface area contributed by atoms with Gasteiger partial charge in [-0.3, -0.25) is 0 Å². The molecule has 0 saturated heterocycles. The van der Waals surface area contributed by atoms with E-state index in [9.17, 15) is 0 Å². The third kappa shape index (κ3) is 39.2. The highest BCUT2D eigenvalue weighted by molar-refractivity contribution is 5.48. The Labute approximate surface area is 814 Å². The van der Waals surface area contributed by atoms with Gasteiger partial charge in [0.2, 0.25) is 143 Å². The Bertz CT molecular complexity index is 5900. The van der Waals surface area contributed by atoms with E-state index in [2.05, 4.69) is 221 Å².